The van der Waals surface area contributed by atoms with Crippen LogP contribution in [-0.2, 0) is 14.3 Å². The Hall–Kier alpha value is -0.900. The molecule has 1 N–H and O–H groups in total. The first kappa shape index (κ1) is 9.65. The Morgan fingerprint density at radius 1 is 1.57 bits per heavy atom. The Morgan fingerprint density at radius 3 is 3.07 bits per heavy atom. The van der Waals surface area contributed by atoms with E-state index >= 15 is 0 Å². The van der Waals surface area contributed by atoms with Gasteiger partial charge in [0.15, 0.2) is 0 Å². The normalized spacial score (nSPS) is 36.9. The molecule has 1 aliphatic carbocycles. The maximum absolute atomic E-state index is 11.2. The van der Waals surface area contributed by atoms with E-state index < -0.39 is 5.97 Å². The van der Waals surface area contributed by atoms with Crippen molar-refractivity contribution in [3.8, 4) is 0 Å². The van der Waals surface area contributed by atoms with E-state index in [2.05, 4.69) is 0 Å². The van der Waals surface area contributed by atoms with E-state index in [4.69, 9.17) is 9.84 Å². The molecule has 0 bridgehead atoms. The third-order valence-corrected chi connectivity index (χ3v) is 3.23. The maximum atomic E-state index is 11.2. The molecule has 4 heteroatoms. The molecule has 0 radical (unpaired) electrons. The summed E-state index contributed by atoms with van der Waals surface area (Å²) in [6.07, 6.45) is 1.91. The number of hydrogen-bond donors (Lipinski definition) is 1. The van der Waals surface area contributed by atoms with Gasteiger partial charge in [-0.05, 0) is 18.3 Å². The number of carbonyl (C=O) groups excluding carboxylic acids is 1. The van der Waals surface area contributed by atoms with Crippen LogP contribution in [0.1, 0.15) is 25.7 Å². The van der Waals surface area contributed by atoms with Gasteiger partial charge >= 0.3 is 5.97 Å². The number of ketones is 1. The van der Waals surface area contributed by atoms with Crippen LogP contribution >= 0.6 is 0 Å². The van der Waals surface area contributed by atoms with Gasteiger partial charge in [0.25, 0.3) is 0 Å². The SMILES string of the molecule is O=C(O)CC1OC[C@H]2CC(=O)CC[C@@H]12. The number of carboxylic acids is 1. The van der Waals surface area contributed by atoms with E-state index in [-0.39, 0.29) is 18.4 Å². The van der Waals surface area contributed by atoms with Gasteiger partial charge in [0, 0.05) is 12.8 Å². The molecule has 0 amide bonds. The Labute approximate surface area is 82.2 Å². The Balaban J connectivity index is 1.98. The third-order valence-electron chi connectivity index (χ3n) is 3.23. The lowest BCUT2D eigenvalue weighted by atomic mass is 9.77. The van der Waals surface area contributed by atoms with Crippen LogP contribution in [-0.4, -0.2) is 29.6 Å². The molecule has 1 saturated carbocycles. The molecule has 0 aromatic carbocycles. The van der Waals surface area contributed by atoms with Crippen LogP contribution < -0.4 is 0 Å². The summed E-state index contributed by atoms with van der Waals surface area (Å²) in [5.41, 5.74) is 0. The van der Waals surface area contributed by atoms with Gasteiger partial charge in [0.1, 0.15) is 5.78 Å². The van der Waals surface area contributed by atoms with Gasteiger partial charge in [-0.3, -0.25) is 9.59 Å². The van der Waals surface area contributed by atoms with E-state index in [0.717, 1.165) is 6.42 Å². The zero-order chi connectivity index (χ0) is 10.1. The van der Waals surface area contributed by atoms with E-state index in [1.165, 1.54) is 0 Å². The Morgan fingerprint density at radius 2 is 2.36 bits per heavy atom. The van der Waals surface area contributed by atoms with Crippen molar-refractivity contribution in [2.24, 2.45) is 11.8 Å². The van der Waals surface area contributed by atoms with Crippen LogP contribution in [0.15, 0.2) is 0 Å². The quantitative estimate of drug-likeness (QED) is 0.714. The maximum Gasteiger partial charge on any atom is 0.305 e. The Kier molecular flexibility index (Phi) is 2.54. The van der Waals surface area contributed by atoms with Crippen LogP contribution in [0.4, 0.5) is 0 Å². The molecule has 4 nitrogen and oxygen atoms in total. The smallest absolute Gasteiger partial charge is 0.305 e. The molecular formula is C10H14O4. The Bertz CT molecular complexity index is 261. The first-order valence-electron chi connectivity index (χ1n) is 5.02. The van der Waals surface area contributed by atoms with Crippen LogP contribution in [0.5, 0.6) is 0 Å². The number of rotatable bonds is 2. The molecular weight excluding hydrogens is 184 g/mol. The number of carbonyl (C=O) groups is 2. The van der Waals surface area contributed by atoms with Crippen LogP contribution in [0.2, 0.25) is 0 Å². The van der Waals surface area contributed by atoms with Crippen molar-refractivity contribution in [3.63, 3.8) is 0 Å². The number of hydrogen-bond acceptors (Lipinski definition) is 3. The predicted molar refractivity (Wildman–Crippen MR) is 47.8 cm³/mol. The van der Waals surface area contributed by atoms with Gasteiger partial charge in [0.05, 0.1) is 19.1 Å². The van der Waals surface area contributed by atoms with Crippen molar-refractivity contribution in [2.75, 3.05) is 6.61 Å². The molecule has 1 aliphatic heterocycles. The van der Waals surface area contributed by atoms with Crippen molar-refractivity contribution in [2.45, 2.75) is 31.8 Å². The summed E-state index contributed by atoms with van der Waals surface area (Å²) in [5, 5.41) is 8.67. The summed E-state index contributed by atoms with van der Waals surface area (Å²) in [7, 11) is 0. The number of ether oxygens (including phenoxy) is 1. The monoisotopic (exact) mass is 198 g/mol. The van der Waals surface area contributed by atoms with Crippen LogP contribution in [0.3, 0.4) is 0 Å². The molecule has 2 fully saturated rings. The van der Waals surface area contributed by atoms with Gasteiger partial charge in [0.2, 0.25) is 0 Å². The molecule has 0 aromatic rings. The van der Waals surface area contributed by atoms with E-state index in [1.807, 2.05) is 0 Å². The zero-order valence-electron chi connectivity index (χ0n) is 7.94. The number of carboxylic acid groups (broad SMARTS) is 1. The van der Waals surface area contributed by atoms with Crippen molar-refractivity contribution in [1.82, 2.24) is 0 Å². The molecule has 1 heterocycles. The van der Waals surface area contributed by atoms with Crippen molar-refractivity contribution < 1.29 is 19.4 Å². The zero-order valence-corrected chi connectivity index (χ0v) is 7.94. The predicted octanol–water partition coefficient (Wildman–Crippen LogP) is 0.845. The average Bonchev–Trinajstić information content (AvgIpc) is 2.47. The summed E-state index contributed by atoms with van der Waals surface area (Å²) in [6, 6.07) is 0. The number of aliphatic carboxylic acids is 1. The lowest BCUT2D eigenvalue weighted by Gasteiger charge is -2.25. The van der Waals surface area contributed by atoms with Gasteiger partial charge in [-0.15, -0.1) is 0 Å². The minimum absolute atomic E-state index is 0.0787. The van der Waals surface area contributed by atoms with Crippen LogP contribution in [0, 0.1) is 11.8 Å². The fraction of sp³-hybridized carbons (Fsp3) is 0.800. The molecule has 0 spiro atoms. The minimum atomic E-state index is -0.812. The average molecular weight is 198 g/mol. The second-order valence-electron chi connectivity index (χ2n) is 4.18. The molecule has 0 aromatic heterocycles. The van der Waals surface area contributed by atoms with Gasteiger partial charge in [-0.1, -0.05) is 0 Å². The molecule has 2 rings (SSSR count). The lowest BCUT2D eigenvalue weighted by molar-refractivity contribution is -0.139. The first-order chi connectivity index (χ1) is 6.66. The van der Waals surface area contributed by atoms with E-state index in [1.54, 1.807) is 0 Å². The molecule has 2 aliphatic rings. The topological polar surface area (TPSA) is 63.6 Å². The van der Waals surface area contributed by atoms with E-state index in [0.29, 0.717) is 31.1 Å². The summed E-state index contributed by atoms with van der Waals surface area (Å²) in [4.78, 5) is 21.7. The van der Waals surface area contributed by atoms with Crippen LogP contribution in [0.25, 0.3) is 0 Å². The second kappa shape index (κ2) is 3.69. The fourth-order valence-electron chi connectivity index (χ4n) is 2.53. The highest BCUT2D eigenvalue weighted by molar-refractivity contribution is 5.79. The van der Waals surface area contributed by atoms with Gasteiger partial charge in [-0.25, -0.2) is 0 Å². The second-order valence-corrected chi connectivity index (χ2v) is 4.18. The van der Waals surface area contributed by atoms with Gasteiger partial charge < -0.3 is 9.84 Å². The fourth-order valence-corrected chi connectivity index (χ4v) is 2.53. The summed E-state index contributed by atoms with van der Waals surface area (Å²) in [6.45, 7) is 0.564. The number of Topliss-reactive ketones (excluding diaryl/α,β-unsaturated/α-hetero) is 1. The van der Waals surface area contributed by atoms with Crippen molar-refractivity contribution >= 4 is 11.8 Å². The molecule has 3 atom stereocenters. The summed E-state index contributed by atoms with van der Waals surface area (Å²) >= 11 is 0. The third kappa shape index (κ3) is 1.80. The molecule has 78 valence electrons. The molecule has 1 saturated heterocycles. The largest absolute Gasteiger partial charge is 0.481 e. The minimum Gasteiger partial charge on any atom is -0.481 e. The summed E-state index contributed by atoms with van der Waals surface area (Å²) < 4.78 is 5.43. The highest BCUT2D eigenvalue weighted by Crippen LogP contribution is 2.38. The number of fused-ring (bicyclic) bond motifs is 1. The lowest BCUT2D eigenvalue weighted by Crippen LogP contribution is -2.29. The molecule has 1 unspecified atom stereocenters. The van der Waals surface area contributed by atoms with E-state index in [9.17, 15) is 9.59 Å². The van der Waals surface area contributed by atoms with Crippen molar-refractivity contribution in [1.29, 1.82) is 0 Å². The summed E-state index contributed by atoms with van der Waals surface area (Å²) in [5.74, 6) is 0.0581. The van der Waals surface area contributed by atoms with Crippen molar-refractivity contribution in [3.05, 3.63) is 0 Å². The highest BCUT2D eigenvalue weighted by atomic mass is 16.5. The molecule has 14 heavy (non-hydrogen) atoms. The highest BCUT2D eigenvalue weighted by Gasteiger charge is 2.41. The standard InChI is InChI=1S/C10H14O4/c11-7-1-2-8-6(3-7)5-14-9(8)4-10(12)13/h6,8-9H,1-5H2,(H,12,13)/t6-,8-,9?/m1/s1. The van der Waals surface area contributed by atoms with Gasteiger partial charge in [-0.2, -0.15) is 0 Å². The first-order valence-corrected chi connectivity index (χ1v) is 5.02.